The van der Waals surface area contributed by atoms with Gasteiger partial charge in [-0.15, -0.1) is 0 Å². The zero-order chi connectivity index (χ0) is 17.8. The number of aromatic nitrogens is 2. The zero-order valence-electron chi connectivity index (χ0n) is 13.3. The summed E-state index contributed by atoms with van der Waals surface area (Å²) in [5.41, 5.74) is 1.14. The highest BCUT2D eigenvalue weighted by molar-refractivity contribution is 5.88. The Balaban J connectivity index is 1.78. The lowest BCUT2D eigenvalue weighted by atomic mass is 10.2. The van der Waals surface area contributed by atoms with Crippen LogP contribution in [0.15, 0.2) is 55.0 Å². The van der Waals surface area contributed by atoms with Gasteiger partial charge in [-0.05, 0) is 42.5 Å². The molecule has 0 aliphatic heterocycles. The van der Waals surface area contributed by atoms with E-state index in [1.165, 1.54) is 66.7 Å². The van der Waals surface area contributed by atoms with Crippen LogP contribution >= 0.6 is 0 Å². The molecule has 128 valence electrons. The van der Waals surface area contributed by atoms with E-state index in [0.717, 1.165) is 0 Å². The summed E-state index contributed by atoms with van der Waals surface area (Å²) in [5, 5.41) is 0. The van der Waals surface area contributed by atoms with Gasteiger partial charge in [0.2, 0.25) is 0 Å². The molecule has 1 aromatic heterocycles. The lowest BCUT2D eigenvalue weighted by molar-refractivity contribution is 0.0460. The number of benzene rings is 2. The van der Waals surface area contributed by atoms with E-state index in [2.05, 4.69) is 4.98 Å². The summed E-state index contributed by atoms with van der Waals surface area (Å²) < 4.78 is 38.2. The first-order valence-corrected chi connectivity index (χ1v) is 7.36. The van der Waals surface area contributed by atoms with Crippen LogP contribution in [0.25, 0.3) is 5.69 Å². The molecule has 0 saturated carbocycles. The molecule has 0 N–H and O–H groups in total. The van der Waals surface area contributed by atoms with Gasteiger partial charge in [-0.1, -0.05) is 0 Å². The molecule has 0 radical (unpaired) electrons. The van der Waals surface area contributed by atoms with Crippen LogP contribution in [0.5, 0.6) is 5.75 Å². The van der Waals surface area contributed by atoms with Gasteiger partial charge in [0.15, 0.2) is 5.69 Å². The molecule has 2 aromatic carbocycles. The average molecular weight is 344 g/mol. The molecule has 0 amide bonds. The Hall–Kier alpha value is -3.22. The van der Waals surface area contributed by atoms with E-state index in [-0.39, 0.29) is 18.1 Å². The van der Waals surface area contributed by atoms with Crippen molar-refractivity contribution in [1.82, 2.24) is 9.55 Å². The van der Waals surface area contributed by atoms with E-state index in [0.29, 0.717) is 17.0 Å². The largest absolute Gasteiger partial charge is 0.496 e. The highest BCUT2D eigenvalue weighted by Gasteiger charge is 2.16. The Bertz CT molecular complexity index is 892. The quantitative estimate of drug-likeness (QED) is 0.665. The third kappa shape index (κ3) is 3.65. The number of hydrogen-bond donors (Lipinski definition) is 0. The van der Waals surface area contributed by atoms with E-state index in [1.807, 2.05) is 0 Å². The van der Waals surface area contributed by atoms with E-state index >= 15 is 0 Å². The number of halogens is 2. The van der Waals surface area contributed by atoms with Crippen molar-refractivity contribution in [1.29, 1.82) is 0 Å². The first-order chi connectivity index (χ1) is 12.1. The molecule has 25 heavy (non-hydrogen) atoms. The van der Waals surface area contributed by atoms with Gasteiger partial charge in [-0.3, -0.25) is 4.57 Å². The topological polar surface area (TPSA) is 53.4 Å². The van der Waals surface area contributed by atoms with Crippen LogP contribution in [0.1, 0.15) is 16.1 Å². The number of methoxy groups -OCH3 is 1. The summed E-state index contributed by atoms with van der Waals surface area (Å²) >= 11 is 0. The Labute approximate surface area is 142 Å². The van der Waals surface area contributed by atoms with Gasteiger partial charge in [-0.25, -0.2) is 18.6 Å². The van der Waals surface area contributed by atoms with Gasteiger partial charge in [-0.2, -0.15) is 0 Å². The predicted molar refractivity (Wildman–Crippen MR) is 85.6 cm³/mol. The number of imidazole rings is 1. The van der Waals surface area contributed by atoms with Gasteiger partial charge >= 0.3 is 5.97 Å². The van der Waals surface area contributed by atoms with E-state index in [1.54, 1.807) is 0 Å². The molecular formula is C18H14F2N2O3. The lowest BCUT2D eigenvalue weighted by Crippen LogP contribution is -2.11. The molecule has 0 spiro atoms. The van der Waals surface area contributed by atoms with Crippen molar-refractivity contribution < 1.29 is 23.0 Å². The van der Waals surface area contributed by atoms with E-state index in [4.69, 9.17) is 9.47 Å². The van der Waals surface area contributed by atoms with Crippen molar-refractivity contribution in [2.45, 2.75) is 6.61 Å². The molecule has 0 aliphatic carbocycles. The first kappa shape index (κ1) is 16.6. The van der Waals surface area contributed by atoms with E-state index in [9.17, 15) is 13.6 Å². The number of rotatable bonds is 5. The Morgan fingerprint density at radius 1 is 1.12 bits per heavy atom. The Morgan fingerprint density at radius 3 is 2.56 bits per heavy atom. The highest BCUT2D eigenvalue weighted by atomic mass is 19.1. The lowest BCUT2D eigenvalue weighted by Gasteiger charge is -2.11. The normalized spacial score (nSPS) is 10.5. The molecular weight excluding hydrogens is 330 g/mol. The van der Waals surface area contributed by atoms with Crippen LogP contribution in [0.3, 0.4) is 0 Å². The van der Waals surface area contributed by atoms with Gasteiger partial charge in [0.25, 0.3) is 0 Å². The second kappa shape index (κ2) is 7.12. The van der Waals surface area contributed by atoms with Crippen LogP contribution in [-0.2, 0) is 11.3 Å². The molecule has 0 bridgehead atoms. The van der Waals surface area contributed by atoms with Gasteiger partial charge in [0.1, 0.15) is 24.0 Å². The maximum Gasteiger partial charge on any atom is 0.357 e. The number of nitrogens with zero attached hydrogens (tertiary/aromatic N) is 2. The average Bonchev–Trinajstić information content (AvgIpc) is 3.10. The minimum Gasteiger partial charge on any atom is -0.496 e. The SMILES string of the molecule is COc1ccc(F)cc1COC(=O)c1cncn1-c1ccc(F)cc1. The van der Waals surface area contributed by atoms with Crippen molar-refractivity contribution in [2.75, 3.05) is 7.11 Å². The summed E-state index contributed by atoms with van der Waals surface area (Å²) in [6.07, 6.45) is 2.76. The summed E-state index contributed by atoms with van der Waals surface area (Å²) in [5.74, 6) is -1.07. The van der Waals surface area contributed by atoms with Crippen LogP contribution in [0, 0.1) is 11.6 Å². The van der Waals surface area contributed by atoms with Crippen molar-refractivity contribution in [3.63, 3.8) is 0 Å². The fourth-order valence-electron chi connectivity index (χ4n) is 2.33. The zero-order valence-corrected chi connectivity index (χ0v) is 13.3. The molecule has 0 fully saturated rings. The molecule has 0 atom stereocenters. The van der Waals surface area contributed by atoms with Gasteiger partial charge in [0.05, 0.1) is 19.6 Å². The third-order valence-electron chi connectivity index (χ3n) is 3.55. The Morgan fingerprint density at radius 2 is 1.84 bits per heavy atom. The molecule has 1 heterocycles. The molecule has 7 heteroatoms. The Kier molecular flexibility index (Phi) is 4.74. The number of ether oxygens (including phenoxy) is 2. The first-order valence-electron chi connectivity index (χ1n) is 7.36. The van der Waals surface area contributed by atoms with Crippen molar-refractivity contribution in [3.8, 4) is 11.4 Å². The summed E-state index contributed by atoms with van der Waals surface area (Å²) in [7, 11) is 1.45. The maximum absolute atomic E-state index is 13.4. The highest BCUT2D eigenvalue weighted by Crippen LogP contribution is 2.21. The van der Waals surface area contributed by atoms with Gasteiger partial charge < -0.3 is 9.47 Å². The molecule has 0 aliphatic rings. The number of hydrogen-bond acceptors (Lipinski definition) is 4. The fraction of sp³-hybridized carbons (Fsp3) is 0.111. The number of carbonyl (C=O) groups is 1. The fourth-order valence-corrected chi connectivity index (χ4v) is 2.33. The van der Waals surface area contributed by atoms with Crippen LogP contribution in [0.2, 0.25) is 0 Å². The summed E-state index contributed by atoms with van der Waals surface area (Å²) in [6.45, 7) is -0.158. The molecule has 3 aromatic rings. The minimum absolute atomic E-state index is 0.158. The van der Waals surface area contributed by atoms with Crippen LogP contribution < -0.4 is 4.74 Å². The summed E-state index contributed by atoms with van der Waals surface area (Å²) in [6, 6.07) is 9.55. The van der Waals surface area contributed by atoms with E-state index < -0.39 is 11.8 Å². The van der Waals surface area contributed by atoms with Crippen LogP contribution in [-0.4, -0.2) is 22.6 Å². The monoisotopic (exact) mass is 344 g/mol. The van der Waals surface area contributed by atoms with Crippen molar-refractivity contribution >= 4 is 5.97 Å². The predicted octanol–water partition coefficient (Wildman–Crippen LogP) is 3.52. The van der Waals surface area contributed by atoms with Crippen molar-refractivity contribution in [3.05, 3.63) is 77.9 Å². The molecule has 0 saturated heterocycles. The third-order valence-corrected chi connectivity index (χ3v) is 3.55. The standard InChI is InChI=1S/C18H14F2N2O3/c1-24-17-7-4-14(20)8-12(17)10-25-18(23)16-9-21-11-22(16)15-5-2-13(19)3-6-15/h2-9,11H,10H2,1H3. The van der Waals surface area contributed by atoms with Gasteiger partial charge in [0, 0.05) is 11.3 Å². The molecule has 3 rings (SSSR count). The molecule has 5 nitrogen and oxygen atoms in total. The van der Waals surface area contributed by atoms with Crippen molar-refractivity contribution in [2.24, 2.45) is 0 Å². The maximum atomic E-state index is 13.4. The second-order valence-corrected chi connectivity index (χ2v) is 5.16. The minimum atomic E-state index is -0.645. The number of carbonyl (C=O) groups excluding carboxylic acids is 1. The molecule has 0 unspecified atom stereocenters. The van der Waals surface area contributed by atoms with Crippen LogP contribution in [0.4, 0.5) is 8.78 Å². The number of esters is 1. The smallest absolute Gasteiger partial charge is 0.357 e. The second-order valence-electron chi connectivity index (χ2n) is 5.16. The summed E-state index contributed by atoms with van der Waals surface area (Å²) in [4.78, 5) is 16.3.